The van der Waals surface area contributed by atoms with E-state index in [4.69, 9.17) is 9.97 Å². The fraction of sp³-hybridized carbons (Fsp3) is 0.267. The number of rotatable bonds is 6. The summed E-state index contributed by atoms with van der Waals surface area (Å²) in [5.74, 6) is 0.585. The molecule has 0 bridgehead atoms. The number of nitrogens with zero attached hydrogens (tertiary/aromatic N) is 6. The molecule has 0 aliphatic carbocycles. The number of imidazole rings is 1. The van der Waals surface area contributed by atoms with E-state index in [1.54, 1.807) is 17.5 Å². The number of anilines is 3. The third-order valence-electron chi connectivity index (χ3n) is 7.24. The van der Waals surface area contributed by atoms with Gasteiger partial charge in [-0.2, -0.15) is 0 Å². The number of likely N-dealkylation sites (tertiary alicyclic amines) is 1. The third-order valence-corrected chi connectivity index (χ3v) is 7.99. The standard InChI is InChI=1S/C30H32N8OS/c1-20-4-6-21(7-5-20)26-27(38-18-19-40-30(38)35-26)25-12-15-31-28(34-25)32-23-13-16-37(17-14-23)29(39)33-22-8-10-24(11-9-22)36(2)3/h4-12,15,18-19,23H,13-14,16-17H2,1-3H3,(H,33,39)(H,31,32,34). The van der Waals surface area contributed by atoms with Gasteiger partial charge in [0.1, 0.15) is 5.69 Å². The number of hydrogen-bond acceptors (Lipinski definition) is 7. The molecule has 5 aromatic rings. The van der Waals surface area contributed by atoms with Crippen LogP contribution in [0.15, 0.2) is 72.4 Å². The molecule has 40 heavy (non-hydrogen) atoms. The molecule has 1 aliphatic rings. The first-order valence-electron chi connectivity index (χ1n) is 13.4. The quantitative estimate of drug-likeness (QED) is 0.268. The lowest BCUT2D eigenvalue weighted by Crippen LogP contribution is -2.44. The largest absolute Gasteiger partial charge is 0.378 e. The van der Waals surface area contributed by atoms with Crippen LogP contribution < -0.4 is 15.5 Å². The van der Waals surface area contributed by atoms with Crippen LogP contribution in [0, 0.1) is 6.92 Å². The average Bonchev–Trinajstić information content (AvgIpc) is 3.56. The van der Waals surface area contributed by atoms with Gasteiger partial charge in [-0.15, -0.1) is 11.3 Å². The summed E-state index contributed by atoms with van der Waals surface area (Å²) in [7, 11) is 3.99. The molecule has 9 nitrogen and oxygen atoms in total. The summed E-state index contributed by atoms with van der Waals surface area (Å²) in [6, 6.07) is 18.3. The van der Waals surface area contributed by atoms with Crippen LogP contribution in [0.5, 0.6) is 0 Å². The van der Waals surface area contributed by atoms with Crippen molar-refractivity contribution in [3.8, 4) is 22.6 Å². The summed E-state index contributed by atoms with van der Waals surface area (Å²) < 4.78 is 2.09. The molecule has 1 saturated heterocycles. The summed E-state index contributed by atoms with van der Waals surface area (Å²) >= 11 is 1.61. The van der Waals surface area contributed by atoms with Crippen LogP contribution in [0.2, 0.25) is 0 Å². The Morgan fingerprint density at radius 1 is 1.00 bits per heavy atom. The zero-order valence-electron chi connectivity index (χ0n) is 22.8. The van der Waals surface area contributed by atoms with Gasteiger partial charge in [0.05, 0.1) is 11.4 Å². The van der Waals surface area contributed by atoms with Crippen LogP contribution in [0.1, 0.15) is 18.4 Å². The van der Waals surface area contributed by atoms with Gasteiger partial charge in [0.2, 0.25) is 5.95 Å². The van der Waals surface area contributed by atoms with Gasteiger partial charge in [0, 0.05) is 67.9 Å². The van der Waals surface area contributed by atoms with E-state index in [2.05, 4.69) is 51.2 Å². The van der Waals surface area contributed by atoms with Crippen molar-refractivity contribution in [2.24, 2.45) is 0 Å². The van der Waals surface area contributed by atoms with E-state index in [1.165, 1.54) is 5.56 Å². The molecule has 6 rings (SSSR count). The van der Waals surface area contributed by atoms with Gasteiger partial charge in [-0.05, 0) is 50.1 Å². The minimum absolute atomic E-state index is 0.0709. The summed E-state index contributed by atoms with van der Waals surface area (Å²) in [5.41, 5.74) is 6.84. The number of amides is 2. The Bertz CT molecular complexity index is 1620. The highest BCUT2D eigenvalue weighted by molar-refractivity contribution is 7.15. The summed E-state index contributed by atoms with van der Waals surface area (Å²) in [5, 5.41) is 8.56. The van der Waals surface area contributed by atoms with Crippen molar-refractivity contribution in [3.05, 3.63) is 77.9 Å². The lowest BCUT2D eigenvalue weighted by atomic mass is 10.1. The highest BCUT2D eigenvalue weighted by Gasteiger charge is 2.24. The van der Waals surface area contributed by atoms with Crippen molar-refractivity contribution in [2.45, 2.75) is 25.8 Å². The number of carbonyl (C=O) groups is 1. The normalized spacial score (nSPS) is 13.9. The van der Waals surface area contributed by atoms with Crippen LogP contribution in [0.3, 0.4) is 0 Å². The minimum Gasteiger partial charge on any atom is -0.378 e. The van der Waals surface area contributed by atoms with Crippen molar-refractivity contribution in [3.63, 3.8) is 0 Å². The van der Waals surface area contributed by atoms with Gasteiger partial charge in [0.15, 0.2) is 4.96 Å². The molecule has 4 heterocycles. The van der Waals surface area contributed by atoms with Crippen LogP contribution in [0.25, 0.3) is 27.6 Å². The number of piperidine rings is 1. The summed E-state index contributed by atoms with van der Waals surface area (Å²) in [6.07, 6.45) is 5.46. The number of benzene rings is 2. The van der Waals surface area contributed by atoms with Gasteiger partial charge < -0.3 is 20.4 Å². The monoisotopic (exact) mass is 552 g/mol. The van der Waals surface area contributed by atoms with Crippen LogP contribution >= 0.6 is 11.3 Å². The number of aromatic nitrogens is 4. The first kappa shape index (κ1) is 25.8. The van der Waals surface area contributed by atoms with Gasteiger partial charge in [-0.25, -0.2) is 19.7 Å². The zero-order chi connectivity index (χ0) is 27.6. The molecular weight excluding hydrogens is 520 g/mol. The summed E-state index contributed by atoms with van der Waals surface area (Å²) in [6.45, 7) is 3.41. The highest BCUT2D eigenvalue weighted by Crippen LogP contribution is 2.34. The van der Waals surface area contributed by atoms with Crippen molar-refractivity contribution >= 4 is 39.7 Å². The Morgan fingerprint density at radius 2 is 1.75 bits per heavy atom. The number of urea groups is 1. The van der Waals surface area contributed by atoms with E-state index in [-0.39, 0.29) is 12.1 Å². The first-order valence-corrected chi connectivity index (χ1v) is 14.3. The minimum atomic E-state index is -0.0709. The second kappa shape index (κ2) is 11.0. The Balaban J connectivity index is 1.13. The molecule has 2 N–H and O–H groups in total. The predicted octanol–water partition coefficient (Wildman–Crippen LogP) is 6.00. The Hall–Kier alpha value is -4.44. The van der Waals surface area contributed by atoms with Crippen molar-refractivity contribution < 1.29 is 4.79 Å². The van der Waals surface area contributed by atoms with Gasteiger partial charge >= 0.3 is 6.03 Å². The van der Waals surface area contributed by atoms with E-state index in [0.29, 0.717) is 19.0 Å². The molecule has 10 heteroatoms. The maximum Gasteiger partial charge on any atom is 0.321 e. The van der Waals surface area contributed by atoms with E-state index in [0.717, 1.165) is 51.8 Å². The van der Waals surface area contributed by atoms with Crippen molar-refractivity contribution in [2.75, 3.05) is 42.7 Å². The van der Waals surface area contributed by atoms with Crippen LogP contribution in [-0.4, -0.2) is 63.5 Å². The Morgan fingerprint density at radius 3 is 2.48 bits per heavy atom. The van der Waals surface area contributed by atoms with Crippen LogP contribution in [0.4, 0.5) is 22.1 Å². The smallest absolute Gasteiger partial charge is 0.321 e. The van der Waals surface area contributed by atoms with Gasteiger partial charge in [-0.3, -0.25) is 4.40 Å². The van der Waals surface area contributed by atoms with Gasteiger partial charge in [0.25, 0.3) is 0 Å². The van der Waals surface area contributed by atoms with Crippen molar-refractivity contribution in [1.82, 2.24) is 24.3 Å². The third kappa shape index (κ3) is 5.35. The maximum absolute atomic E-state index is 12.8. The molecule has 0 saturated carbocycles. The molecule has 1 fully saturated rings. The molecule has 1 aliphatic heterocycles. The predicted molar refractivity (Wildman–Crippen MR) is 162 cm³/mol. The molecule has 2 aromatic carbocycles. The molecule has 0 spiro atoms. The number of nitrogens with one attached hydrogen (secondary N) is 2. The van der Waals surface area contributed by atoms with Crippen LogP contribution in [-0.2, 0) is 0 Å². The molecule has 0 unspecified atom stereocenters. The van der Waals surface area contributed by atoms with Crippen molar-refractivity contribution in [1.29, 1.82) is 0 Å². The molecule has 2 amide bonds. The zero-order valence-corrected chi connectivity index (χ0v) is 23.7. The second-order valence-corrected chi connectivity index (χ2v) is 11.1. The van der Waals surface area contributed by atoms with E-state index in [1.807, 2.05) is 65.8 Å². The molecule has 204 valence electrons. The fourth-order valence-corrected chi connectivity index (χ4v) is 5.67. The lowest BCUT2D eigenvalue weighted by molar-refractivity contribution is 0.197. The second-order valence-electron chi connectivity index (χ2n) is 10.3. The molecular formula is C30H32N8OS. The first-order chi connectivity index (χ1) is 19.4. The Kier molecular flexibility index (Phi) is 7.08. The molecule has 3 aromatic heterocycles. The number of fused-ring (bicyclic) bond motifs is 1. The topological polar surface area (TPSA) is 90.7 Å². The highest BCUT2D eigenvalue weighted by atomic mass is 32.1. The SMILES string of the molecule is Cc1ccc(-c2nc3sccn3c2-c2ccnc(NC3CCN(C(=O)Nc4ccc(N(C)C)cc4)CC3)n2)cc1. The number of hydrogen-bond donors (Lipinski definition) is 2. The maximum atomic E-state index is 12.8. The lowest BCUT2D eigenvalue weighted by Gasteiger charge is -2.32. The van der Waals surface area contributed by atoms with E-state index < -0.39 is 0 Å². The number of aryl methyl sites for hydroxylation is 1. The molecule has 0 atom stereocenters. The van der Waals surface area contributed by atoms with E-state index >= 15 is 0 Å². The Labute approximate surface area is 237 Å². The number of thiazole rings is 1. The summed E-state index contributed by atoms with van der Waals surface area (Å²) in [4.78, 5) is 32.0. The molecule has 0 radical (unpaired) electrons. The average molecular weight is 553 g/mol. The fourth-order valence-electron chi connectivity index (χ4n) is 4.96. The van der Waals surface area contributed by atoms with E-state index in [9.17, 15) is 4.79 Å². The van der Waals surface area contributed by atoms with Gasteiger partial charge in [-0.1, -0.05) is 29.8 Å². The number of carbonyl (C=O) groups excluding carboxylic acids is 1.